The van der Waals surface area contributed by atoms with E-state index in [-0.39, 0.29) is 5.56 Å². The number of hydrogen-bond donors (Lipinski definition) is 1. The molecule has 0 unspecified atom stereocenters. The molecule has 3 nitrogen and oxygen atoms in total. The van der Waals surface area contributed by atoms with Gasteiger partial charge in [-0.25, -0.2) is 4.98 Å². The van der Waals surface area contributed by atoms with Crippen LogP contribution in [0.5, 0.6) is 5.75 Å². The number of fused-ring (bicyclic) bond motifs is 1. The molecule has 1 N–H and O–H groups in total. The van der Waals surface area contributed by atoms with E-state index in [1.807, 2.05) is 0 Å². The molecule has 2 aromatic rings. The average molecular weight is 276 g/mol. The van der Waals surface area contributed by atoms with Crippen LogP contribution in [0.15, 0.2) is 16.0 Å². The Bertz CT molecular complexity index is 538. The number of hydrogen-bond acceptors (Lipinski definition) is 4. The predicted molar refractivity (Wildman–Crippen MR) is 59.8 cm³/mol. The van der Waals surface area contributed by atoms with E-state index in [0.29, 0.717) is 15.2 Å². The van der Waals surface area contributed by atoms with E-state index in [1.165, 1.54) is 24.5 Å². The minimum Gasteiger partial charge on any atom is -0.497 e. The lowest BCUT2D eigenvalue weighted by Crippen LogP contribution is -1.88. The van der Waals surface area contributed by atoms with Crippen LogP contribution in [0.2, 0.25) is 0 Å². The smallest absolute Gasteiger partial charge is 0.160 e. The molecule has 0 saturated heterocycles. The first-order valence-electron chi connectivity index (χ1n) is 4.79. The molecule has 14 heavy (non-hydrogen) atoms. The van der Waals surface area contributed by atoms with Gasteiger partial charge in [0.2, 0.25) is 0 Å². The number of nitrogens with zero attached hydrogens (tertiary/aromatic N) is 1. The molecule has 1 heterocycles. The Labute approximate surface area is 96.3 Å². The number of benzene rings is 1. The van der Waals surface area contributed by atoms with Crippen LogP contribution in [0.4, 0.5) is 0 Å². The van der Waals surface area contributed by atoms with Crippen LogP contribution in [-0.4, -0.2) is 17.2 Å². The Balaban J connectivity index is 2.78. The van der Waals surface area contributed by atoms with Gasteiger partial charge in [-0.1, -0.05) is 0 Å². The highest BCUT2D eigenvalue weighted by molar-refractivity contribution is 9.11. The molecule has 5 heteroatoms. The maximum Gasteiger partial charge on any atom is 0.160 e. The summed E-state index contributed by atoms with van der Waals surface area (Å²) in [5, 5.41) is 9.44. The number of aromatic nitrogens is 1. The lowest BCUT2D eigenvalue weighted by atomic mass is 10.2. The van der Waals surface area contributed by atoms with Gasteiger partial charge >= 0.3 is 0 Å². The number of methoxy groups -OCH3 is 1. The maximum atomic E-state index is 9.44. The fourth-order valence-electron chi connectivity index (χ4n) is 1.18. The Hall–Kier alpha value is -0.650. The van der Waals surface area contributed by atoms with Gasteiger partial charge in [0, 0.05) is 5.56 Å². The third-order valence-corrected chi connectivity index (χ3v) is 3.25. The van der Waals surface area contributed by atoms with Crippen LogP contribution in [-0.2, 0) is 6.56 Å². The van der Waals surface area contributed by atoms with Crippen molar-refractivity contribution >= 4 is 37.5 Å². The highest BCUT2D eigenvalue weighted by Crippen LogP contribution is 2.32. The Morgan fingerprint density at radius 2 is 2.50 bits per heavy atom. The monoisotopic (exact) mass is 275 g/mol. The summed E-state index contributed by atoms with van der Waals surface area (Å²) in [5.74, 6) is 0.497. The molecule has 2 rings (SSSR count). The molecule has 0 bridgehead atoms. The van der Waals surface area contributed by atoms with Crippen LogP contribution in [0, 0.1) is 0 Å². The molecular formula is C9H8BrNO2S. The highest BCUT2D eigenvalue weighted by Gasteiger charge is 2.08. The van der Waals surface area contributed by atoms with Crippen molar-refractivity contribution in [1.29, 1.82) is 0 Å². The van der Waals surface area contributed by atoms with Crippen molar-refractivity contribution in [3.05, 3.63) is 21.6 Å². The molecule has 0 aliphatic carbocycles. The molecule has 0 radical (unpaired) electrons. The summed E-state index contributed by atoms with van der Waals surface area (Å²) in [5.41, 5.74) is 0.564. The Kier molecular flexibility index (Phi) is 2.09. The highest BCUT2D eigenvalue weighted by atomic mass is 79.9. The van der Waals surface area contributed by atoms with Crippen LogP contribution in [0.1, 0.15) is 8.30 Å². The van der Waals surface area contributed by atoms with Crippen molar-refractivity contribution < 1.29 is 12.6 Å². The summed E-state index contributed by atoms with van der Waals surface area (Å²) >= 11 is 4.59. The number of aliphatic hydroxyl groups is 1. The largest absolute Gasteiger partial charge is 0.497 e. The topological polar surface area (TPSA) is 42.4 Å². The fraction of sp³-hybridized carbons (Fsp3) is 0.222. The third-order valence-electron chi connectivity index (χ3n) is 1.80. The molecule has 0 aliphatic heterocycles. The lowest BCUT2D eigenvalue weighted by molar-refractivity contribution is 0.282. The maximum absolute atomic E-state index is 9.44. The minimum atomic E-state index is -2.43. The van der Waals surface area contributed by atoms with Gasteiger partial charge in [0.15, 0.2) is 3.92 Å². The molecule has 1 aromatic heterocycles. The van der Waals surface area contributed by atoms with E-state index in [2.05, 4.69) is 20.9 Å². The first-order valence-corrected chi connectivity index (χ1v) is 5.39. The number of ether oxygens (including phenoxy) is 1. The van der Waals surface area contributed by atoms with E-state index >= 15 is 0 Å². The van der Waals surface area contributed by atoms with Gasteiger partial charge in [0.25, 0.3) is 0 Å². The Morgan fingerprint density at radius 3 is 3.14 bits per heavy atom. The molecule has 74 valence electrons. The van der Waals surface area contributed by atoms with E-state index in [1.54, 1.807) is 6.07 Å². The first-order chi connectivity index (χ1) is 7.41. The van der Waals surface area contributed by atoms with Gasteiger partial charge in [-0.05, 0) is 28.1 Å². The second-order valence-electron chi connectivity index (χ2n) is 2.60. The molecule has 0 fully saturated rings. The van der Waals surface area contributed by atoms with E-state index in [4.69, 9.17) is 7.48 Å². The van der Waals surface area contributed by atoms with E-state index in [9.17, 15) is 5.11 Å². The molecule has 0 amide bonds. The minimum absolute atomic E-state index is 0.115. The fourth-order valence-corrected chi connectivity index (χ4v) is 2.63. The zero-order valence-corrected chi connectivity index (χ0v) is 9.65. The standard InChI is InChI=1S/C9H8BrNO2S/c1-13-6-2-5(4-12)8-7(3-6)14-9(10)11-8/h2-3,12H,4H2,1H3/i4D2. The van der Waals surface area contributed by atoms with Gasteiger partial charge < -0.3 is 9.84 Å². The molecule has 0 spiro atoms. The van der Waals surface area contributed by atoms with Crippen molar-refractivity contribution in [2.45, 2.75) is 6.56 Å². The quantitative estimate of drug-likeness (QED) is 0.916. The van der Waals surface area contributed by atoms with Gasteiger partial charge in [0.1, 0.15) is 5.75 Å². The zero-order valence-electron chi connectivity index (χ0n) is 9.24. The average Bonchev–Trinajstić information content (AvgIpc) is 2.54. The second kappa shape index (κ2) is 3.84. The second-order valence-corrected chi connectivity index (χ2v) is 4.91. The molecule has 0 saturated carbocycles. The van der Waals surface area contributed by atoms with Crippen LogP contribution < -0.4 is 4.74 Å². The molecular weight excluding hydrogens is 266 g/mol. The lowest BCUT2D eigenvalue weighted by Gasteiger charge is -2.02. The number of thiazole rings is 1. The summed E-state index contributed by atoms with van der Waals surface area (Å²) in [6.45, 7) is -2.43. The van der Waals surface area contributed by atoms with Crippen LogP contribution in [0.25, 0.3) is 10.2 Å². The summed E-state index contributed by atoms with van der Waals surface area (Å²) in [6.07, 6.45) is 0. The van der Waals surface area contributed by atoms with Crippen molar-refractivity contribution in [3.63, 3.8) is 0 Å². The van der Waals surface area contributed by atoms with Gasteiger partial charge in [0.05, 0.1) is 26.6 Å². The summed E-state index contributed by atoms with van der Waals surface area (Å²) in [4.78, 5) is 4.13. The van der Waals surface area contributed by atoms with Crippen molar-refractivity contribution in [2.24, 2.45) is 0 Å². The van der Waals surface area contributed by atoms with Crippen molar-refractivity contribution in [3.8, 4) is 5.75 Å². The van der Waals surface area contributed by atoms with E-state index < -0.39 is 6.56 Å². The van der Waals surface area contributed by atoms with Gasteiger partial charge in [-0.2, -0.15) is 0 Å². The Morgan fingerprint density at radius 1 is 1.71 bits per heavy atom. The zero-order chi connectivity index (χ0) is 11.9. The summed E-state index contributed by atoms with van der Waals surface area (Å²) in [6, 6.07) is 3.21. The van der Waals surface area contributed by atoms with Crippen molar-refractivity contribution in [1.82, 2.24) is 4.98 Å². The van der Waals surface area contributed by atoms with Crippen molar-refractivity contribution in [2.75, 3.05) is 7.11 Å². The van der Waals surface area contributed by atoms with Gasteiger partial charge in [-0.3, -0.25) is 0 Å². The number of rotatable bonds is 2. The van der Waals surface area contributed by atoms with E-state index in [0.717, 1.165) is 4.70 Å². The van der Waals surface area contributed by atoms with Crippen LogP contribution >= 0.6 is 27.3 Å². The SMILES string of the molecule is [2H]C([2H])(O)c1cc(OC)cc2sc(Br)nc12. The molecule has 0 atom stereocenters. The third kappa shape index (κ3) is 1.63. The number of halogens is 1. The summed E-state index contributed by atoms with van der Waals surface area (Å²) < 4.78 is 21.2. The molecule has 0 aliphatic rings. The van der Waals surface area contributed by atoms with Crippen LogP contribution in [0.3, 0.4) is 0 Å². The summed E-state index contributed by atoms with van der Waals surface area (Å²) in [7, 11) is 1.49. The normalized spacial score (nSPS) is 13.9. The van der Waals surface area contributed by atoms with Gasteiger partial charge in [-0.15, -0.1) is 11.3 Å². The molecule has 1 aromatic carbocycles. The predicted octanol–water partition coefficient (Wildman–Crippen LogP) is 2.56. The first kappa shape index (κ1) is 7.62.